The van der Waals surface area contributed by atoms with E-state index in [1.165, 1.54) is 12.8 Å². The summed E-state index contributed by atoms with van der Waals surface area (Å²) in [6, 6.07) is 8.39. The quantitative estimate of drug-likeness (QED) is 0.492. The van der Waals surface area contributed by atoms with Crippen molar-refractivity contribution in [2.24, 2.45) is 5.92 Å². The molecule has 0 radical (unpaired) electrons. The number of piperidine rings is 2. The first-order chi connectivity index (χ1) is 16.3. The molecule has 0 amide bonds. The molecule has 2 fully saturated rings. The van der Waals surface area contributed by atoms with E-state index in [0.29, 0.717) is 16.1 Å². The molecule has 2 aliphatic heterocycles. The van der Waals surface area contributed by atoms with Gasteiger partial charge < -0.3 is 4.74 Å². The number of carbonyl (C=O) groups is 1. The number of alkyl halides is 3. The molecule has 2 atom stereocenters. The Kier molecular flexibility index (Phi) is 6.06. The van der Waals surface area contributed by atoms with Crippen molar-refractivity contribution in [3.63, 3.8) is 0 Å². The number of hydrogen-bond donors (Lipinski definition) is 0. The van der Waals surface area contributed by atoms with Crippen LogP contribution in [0.2, 0.25) is 0 Å². The van der Waals surface area contributed by atoms with Gasteiger partial charge in [-0.1, -0.05) is 36.2 Å². The second-order valence-electron chi connectivity index (χ2n) is 9.28. The number of aryl methyl sites for hydroxylation is 1. The molecular formula is C25H27F3N4O2. The Morgan fingerprint density at radius 3 is 2.65 bits per heavy atom. The summed E-state index contributed by atoms with van der Waals surface area (Å²) in [5, 5.41) is 3.84. The summed E-state index contributed by atoms with van der Waals surface area (Å²) >= 11 is 0. The Bertz CT molecular complexity index is 1190. The first-order valence-electron chi connectivity index (χ1n) is 11.8. The minimum Gasteiger partial charge on any atom is -0.462 e. The lowest BCUT2D eigenvalue weighted by atomic mass is 9.84. The molecular weight excluding hydrogens is 445 g/mol. The molecule has 2 saturated heterocycles. The van der Waals surface area contributed by atoms with Crippen molar-refractivity contribution in [2.45, 2.75) is 51.2 Å². The second-order valence-corrected chi connectivity index (χ2v) is 9.28. The fourth-order valence-electron chi connectivity index (χ4n) is 5.21. The maximum atomic E-state index is 13.8. The van der Waals surface area contributed by atoms with Crippen LogP contribution in [0.5, 0.6) is 0 Å². The van der Waals surface area contributed by atoms with Crippen LogP contribution in [0.3, 0.4) is 0 Å². The number of rotatable bonds is 4. The Hall–Kier alpha value is -2.94. The lowest BCUT2D eigenvalue weighted by Crippen LogP contribution is -2.49. The zero-order valence-corrected chi connectivity index (χ0v) is 19.0. The van der Waals surface area contributed by atoms with Crippen molar-refractivity contribution in [2.75, 3.05) is 19.7 Å². The molecule has 0 aliphatic carbocycles. The zero-order chi connectivity index (χ0) is 23.9. The molecule has 0 unspecified atom stereocenters. The summed E-state index contributed by atoms with van der Waals surface area (Å²) in [4.78, 5) is 19.8. The molecule has 6 nitrogen and oxygen atoms in total. The van der Waals surface area contributed by atoms with Crippen molar-refractivity contribution in [1.29, 1.82) is 0 Å². The van der Waals surface area contributed by atoms with Crippen LogP contribution in [0.15, 0.2) is 36.5 Å². The number of halogens is 3. The van der Waals surface area contributed by atoms with Crippen molar-refractivity contribution in [3.05, 3.63) is 53.3 Å². The van der Waals surface area contributed by atoms with E-state index in [9.17, 15) is 18.0 Å². The molecule has 2 aliphatic rings. The third kappa shape index (κ3) is 4.41. The van der Waals surface area contributed by atoms with Gasteiger partial charge in [0.2, 0.25) is 0 Å². The molecule has 0 spiro atoms. The topological polar surface area (TPSA) is 59.7 Å². The first kappa shape index (κ1) is 22.8. The molecule has 180 valence electrons. The highest BCUT2D eigenvalue weighted by molar-refractivity contribution is 5.96. The summed E-state index contributed by atoms with van der Waals surface area (Å²) < 4.78 is 47.8. The monoisotopic (exact) mass is 472 g/mol. The smallest absolute Gasteiger partial charge is 0.433 e. The van der Waals surface area contributed by atoms with Crippen molar-refractivity contribution >= 4 is 11.6 Å². The van der Waals surface area contributed by atoms with E-state index >= 15 is 0 Å². The lowest BCUT2D eigenvalue weighted by molar-refractivity contribution is -0.142. The molecule has 3 aromatic rings. The van der Waals surface area contributed by atoms with Crippen molar-refractivity contribution < 1.29 is 22.7 Å². The molecule has 4 heterocycles. The van der Waals surface area contributed by atoms with Gasteiger partial charge in [-0.25, -0.2) is 14.3 Å². The van der Waals surface area contributed by atoms with E-state index in [4.69, 9.17) is 4.74 Å². The molecule has 0 N–H and O–H groups in total. The summed E-state index contributed by atoms with van der Waals surface area (Å²) in [6.45, 7) is 4.30. The van der Waals surface area contributed by atoms with Gasteiger partial charge in [-0.2, -0.15) is 18.3 Å². The highest BCUT2D eigenvalue weighted by Crippen LogP contribution is 2.34. The summed E-state index contributed by atoms with van der Waals surface area (Å²) in [5.74, 6) is -0.453. The van der Waals surface area contributed by atoms with Gasteiger partial charge >= 0.3 is 12.1 Å². The van der Waals surface area contributed by atoms with Crippen LogP contribution in [0, 0.1) is 12.8 Å². The Labute approximate surface area is 195 Å². The normalized spacial score (nSPS) is 21.4. The molecule has 34 heavy (non-hydrogen) atoms. The van der Waals surface area contributed by atoms with E-state index in [-0.39, 0.29) is 29.4 Å². The van der Waals surface area contributed by atoms with Crippen molar-refractivity contribution in [3.8, 4) is 11.3 Å². The minimum absolute atomic E-state index is 0.0595. The predicted octanol–water partition coefficient (Wildman–Crippen LogP) is 5.14. The summed E-state index contributed by atoms with van der Waals surface area (Å²) in [5.41, 5.74) is 0.429. The van der Waals surface area contributed by atoms with Crippen LogP contribution in [-0.4, -0.2) is 51.2 Å². The van der Waals surface area contributed by atoms with Gasteiger partial charge in [-0.3, -0.25) is 4.90 Å². The van der Waals surface area contributed by atoms with Gasteiger partial charge in [-0.15, -0.1) is 0 Å². The second kappa shape index (κ2) is 9.02. The average molecular weight is 473 g/mol. The van der Waals surface area contributed by atoms with E-state index in [2.05, 4.69) is 15.0 Å². The fourth-order valence-corrected chi connectivity index (χ4v) is 5.21. The van der Waals surface area contributed by atoms with Gasteiger partial charge in [0.15, 0.2) is 11.3 Å². The third-order valence-electron chi connectivity index (χ3n) is 6.99. The Morgan fingerprint density at radius 1 is 1.12 bits per heavy atom. The number of carbonyl (C=O) groups excluding carboxylic acids is 1. The lowest BCUT2D eigenvalue weighted by Gasteiger charge is -2.44. The summed E-state index contributed by atoms with van der Waals surface area (Å²) in [6.07, 6.45) is 1.96. The van der Waals surface area contributed by atoms with Gasteiger partial charge in [0.1, 0.15) is 5.56 Å². The van der Waals surface area contributed by atoms with Gasteiger partial charge in [0.25, 0.3) is 0 Å². The first-order valence-corrected chi connectivity index (χ1v) is 11.8. The number of fused-ring (bicyclic) bond motifs is 2. The summed E-state index contributed by atoms with van der Waals surface area (Å²) in [7, 11) is 0. The molecule has 0 bridgehead atoms. The van der Waals surface area contributed by atoms with Crippen molar-refractivity contribution in [1.82, 2.24) is 19.5 Å². The third-order valence-corrected chi connectivity index (χ3v) is 6.99. The molecule has 0 saturated carbocycles. The van der Waals surface area contributed by atoms with Gasteiger partial charge in [0, 0.05) is 17.5 Å². The maximum absolute atomic E-state index is 13.8. The average Bonchev–Trinajstić information content (AvgIpc) is 3.26. The number of benzene rings is 1. The molecule has 9 heteroatoms. The number of ether oxygens (including phenoxy) is 1. The van der Waals surface area contributed by atoms with E-state index < -0.39 is 17.8 Å². The predicted molar refractivity (Wildman–Crippen MR) is 120 cm³/mol. The van der Waals surface area contributed by atoms with Crippen LogP contribution >= 0.6 is 0 Å². The number of esters is 1. The van der Waals surface area contributed by atoms with Crippen LogP contribution in [0.25, 0.3) is 16.9 Å². The number of nitrogens with zero attached hydrogens (tertiary/aromatic N) is 4. The highest BCUT2D eigenvalue weighted by atomic mass is 19.4. The molecule has 2 aromatic heterocycles. The fraction of sp³-hybridized carbons (Fsp3) is 0.480. The standard InChI is InChI=1S/C25H27F3N4O2/c1-16-7-9-17(10-8-16)20-13-22(25(26,27)28)32-23(30-20)19(14-29-32)24(33)34-15-18-5-4-12-31-11-3-2-6-21(18)31/h7-10,13-14,18,21H,2-6,11-12,15H2,1H3/t18-,21+/m0/s1. The van der Waals surface area contributed by atoms with E-state index in [1.807, 2.05) is 6.92 Å². The van der Waals surface area contributed by atoms with Gasteiger partial charge in [-0.05, 0) is 51.8 Å². The zero-order valence-electron chi connectivity index (χ0n) is 19.0. The van der Waals surface area contributed by atoms with Gasteiger partial charge in [0.05, 0.1) is 18.5 Å². The molecule has 5 rings (SSSR count). The minimum atomic E-state index is -4.67. The van der Waals surface area contributed by atoms with Crippen LogP contribution in [0.1, 0.15) is 53.7 Å². The highest BCUT2D eigenvalue weighted by Gasteiger charge is 2.37. The van der Waals surface area contributed by atoms with E-state index in [0.717, 1.165) is 50.2 Å². The molecule has 1 aromatic carbocycles. The number of aromatic nitrogens is 3. The number of hydrogen-bond acceptors (Lipinski definition) is 5. The van der Waals surface area contributed by atoms with Crippen LogP contribution in [-0.2, 0) is 10.9 Å². The maximum Gasteiger partial charge on any atom is 0.433 e. The van der Waals surface area contributed by atoms with Crippen LogP contribution < -0.4 is 0 Å². The van der Waals surface area contributed by atoms with E-state index in [1.54, 1.807) is 24.3 Å². The Balaban J connectivity index is 1.44. The Morgan fingerprint density at radius 2 is 1.88 bits per heavy atom. The van der Waals surface area contributed by atoms with Crippen LogP contribution in [0.4, 0.5) is 13.2 Å². The SMILES string of the molecule is Cc1ccc(-c2cc(C(F)(F)F)n3ncc(C(=O)OC[C@@H]4CCCN5CCCC[C@H]45)c3n2)cc1. The largest absolute Gasteiger partial charge is 0.462 e.